The molecule has 1 fully saturated rings. The van der Waals surface area contributed by atoms with Gasteiger partial charge in [-0.2, -0.15) is 0 Å². The first-order chi connectivity index (χ1) is 15.7. The fraction of sp³-hybridized carbons (Fsp3) is 0.462. The normalized spacial score (nSPS) is 15.4. The van der Waals surface area contributed by atoms with Crippen molar-refractivity contribution in [3.8, 4) is 11.5 Å². The van der Waals surface area contributed by atoms with Crippen LogP contribution in [0.5, 0.6) is 11.5 Å². The molecule has 0 aliphatic carbocycles. The van der Waals surface area contributed by atoms with Crippen molar-refractivity contribution in [2.45, 2.75) is 39.2 Å². The van der Waals surface area contributed by atoms with Crippen LogP contribution in [0.3, 0.4) is 0 Å². The molecule has 0 aromatic heterocycles. The maximum Gasteiger partial charge on any atom is 0.409 e. The van der Waals surface area contributed by atoms with Crippen LogP contribution in [0.4, 0.5) is 10.5 Å². The molecule has 3 rings (SSSR count). The van der Waals surface area contributed by atoms with Gasteiger partial charge in [-0.15, -0.1) is 0 Å². The van der Waals surface area contributed by atoms with Gasteiger partial charge in [-0.1, -0.05) is 32.0 Å². The summed E-state index contributed by atoms with van der Waals surface area (Å²) in [6.07, 6.45) is 1.34. The van der Waals surface area contributed by atoms with Crippen LogP contribution < -0.4 is 10.1 Å². The predicted octanol–water partition coefficient (Wildman–Crippen LogP) is 5.00. The Bertz CT molecular complexity index is 907. The molecular formula is C26H35N3O4. The lowest BCUT2D eigenvalue weighted by Gasteiger charge is -2.44. The van der Waals surface area contributed by atoms with E-state index in [2.05, 4.69) is 17.1 Å². The summed E-state index contributed by atoms with van der Waals surface area (Å²) in [5.41, 5.74) is 0.571. The lowest BCUT2D eigenvalue weighted by molar-refractivity contribution is -0.118. The SMILES string of the molecule is CC(C)COC(=O)N1CCC(C)(N(C)CC(=O)Nc2ccc(Oc3ccccc3)cc2)CC1. The van der Waals surface area contributed by atoms with Crippen molar-refractivity contribution in [3.05, 3.63) is 54.6 Å². The molecule has 2 amide bonds. The van der Waals surface area contributed by atoms with Crippen molar-refractivity contribution in [1.82, 2.24) is 9.80 Å². The third kappa shape index (κ3) is 7.22. The van der Waals surface area contributed by atoms with E-state index in [0.717, 1.165) is 24.3 Å². The minimum atomic E-state index is -0.245. The van der Waals surface area contributed by atoms with Crippen molar-refractivity contribution < 1.29 is 19.1 Å². The number of hydrogen-bond acceptors (Lipinski definition) is 5. The van der Waals surface area contributed by atoms with Crippen molar-refractivity contribution in [2.24, 2.45) is 5.92 Å². The summed E-state index contributed by atoms with van der Waals surface area (Å²) < 4.78 is 11.1. The van der Waals surface area contributed by atoms with Gasteiger partial charge in [-0.25, -0.2) is 4.79 Å². The monoisotopic (exact) mass is 453 g/mol. The third-order valence-corrected chi connectivity index (χ3v) is 6.06. The zero-order valence-electron chi connectivity index (χ0n) is 20.0. The van der Waals surface area contributed by atoms with Gasteiger partial charge in [-0.05, 0) is 69.1 Å². The van der Waals surface area contributed by atoms with Crippen LogP contribution >= 0.6 is 0 Å². The Kier molecular flexibility index (Phi) is 8.33. The van der Waals surface area contributed by atoms with Gasteiger partial charge in [0.15, 0.2) is 0 Å². The number of piperidine rings is 1. The number of ether oxygens (including phenoxy) is 2. The first kappa shape index (κ1) is 24.6. The average Bonchev–Trinajstić information content (AvgIpc) is 2.80. The van der Waals surface area contributed by atoms with Gasteiger partial charge in [0.1, 0.15) is 11.5 Å². The summed E-state index contributed by atoms with van der Waals surface area (Å²) in [5.74, 6) is 1.72. The second-order valence-corrected chi connectivity index (χ2v) is 9.30. The highest BCUT2D eigenvalue weighted by Crippen LogP contribution is 2.28. The number of nitrogens with zero attached hydrogens (tertiary/aromatic N) is 2. The van der Waals surface area contributed by atoms with E-state index in [1.807, 2.05) is 75.5 Å². The first-order valence-corrected chi connectivity index (χ1v) is 11.5. The predicted molar refractivity (Wildman–Crippen MR) is 130 cm³/mol. The molecule has 1 heterocycles. The van der Waals surface area contributed by atoms with Crippen LogP contribution in [0.2, 0.25) is 0 Å². The van der Waals surface area contributed by atoms with E-state index in [1.165, 1.54) is 0 Å². The van der Waals surface area contributed by atoms with Crippen LogP contribution in [0.1, 0.15) is 33.6 Å². The zero-order chi connectivity index (χ0) is 23.8. The van der Waals surface area contributed by atoms with Crippen LogP contribution in [-0.2, 0) is 9.53 Å². The fourth-order valence-corrected chi connectivity index (χ4v) is 3.72. The van der Waals surface area contributed by atoms with Gasteiger partial charge in [0.25, 0.3) is 0 Å². The van der Waals surface area contributed by atoms with E-state index in [4.69, 9.17) is 9.47 Å². The largest absolute Gasteiger partial charge is 0.457 e. The summed E-state index contributed by atoms with van der Waals surface area (Å²) >= 11 is 0. The maximum atomic E-state index is 12.6. The Morgan fingerprint density at radius 1 is 1.03 bits per heavy atom. The lowest BCUT2D eigenvalue weighted by atomic mass is 9.88. The molecule has 178 valence electrons. The minimum absolute atomic E-state index is 0.0748. The number of carbonyl (C=O) groups is 2. The van der Waals surface area contributed by atoms with Crippen LogP contribution in [-0.4, -0.2) is 60.6 Å². The highest BCUT2D eigenvalue weighted by atomic mass is 16.6. The molecule has 0 saturated carbocycles. The Labute approximate surface area is 196 Å². The van der Waals surface area contributed by atoms with E-state index < -0.39 is 0 Å². The number of nitrogens with one attached hydrogen (secondary N) is 1. The highest BCUT2D eigenvalue weighted by molar-refractivity contribution is 5.92. The number of likely N-dealkylation sites (N-methyl/N-ethyl adjacent to an activating group) is 1. The lowest BCUT2D eigenvalue weighted by Crippen LogP contribution is -2.54. The number of hydrogen-bond donors (Lipinski definition) is 1. The summed E-state index contributed by atoms with van der Waals surface area (Å²) in [7, 11) is 1.96. The Hall–Kier alpha value is -3.06. The molecule has 0 bridgehead atoms. The molecule has 0 unspecified atom stereocenters. The van der Waals surface area contributed by atoms with Crippen molar-refractivity contribution in [1.29, 1.82) is 0 Å². The quantitative estimate of drug-likeness (QED) is 0.609. The summed E-state index contributed by atoms with van der Waals surface area (Å²) in [6, 6.07) is 16.9. The Morgan fingerprint density at radius 2 is 1.64 bits per heavy atom. The summed E-state index contributed by atoms with van der Waals surface area (Å²) in [4.78, 5) is 28.7. The molecule has 33 heavy (non-hydrogen) atoms. The maximum absolute atomic E-state index is 12.6. The van der Waals surface area contributed by atoms with Crippen LogP contribution in [0, 0.1) is 5.92 Å². The zero-order valence-corrected chi connectivity index (χ0v) is 20.0. The third-order valence-electron chi connectivity index (χ3n) is 6.06. The van der Waals surface area contributed by atoms with Gasteiger partial charge in [0, 0.05) is 24.3 Å². The van der Waals surface area contributed by atoms with Gasteiger partial charge in [0.05, 0.1) is 13.2 Å². The number of anilines is 1. The molecular weight excluding hydrogens is 418 g/mol. The van der Waals surface area contributed by atoms with Crippen LogP contribution in [0.15, 0.2) is 54.6 Å². The van der Waals surface area contributed by atoms with E-state index in [0.29, 0.717) is 31.4 Å². The minimum Gasteiger partial charge on any atom is -0.457 e. The van der Waals surface area contributed by atoms with E-state index >= 15 is 0 Å². The van der Waals surface area contributed by atoms with Gasteiger partial charge in [0.2, 0.25) is 5.91 Å². The number of rotatable bonds is 8. The molecule has 7 heteroatoms. The summed E-state index contributed by atoms with van der Waals surface area (Å²) in [5, 5.41) is 2.95. The van der Waals surface area contributed by atoms with Crippen molar-refractivity contribution in [2.75, 3.05) is 38.6 Å². The fourth-order valence-electron chi connectivity index (χ4n) is 3.72. The van der Waals surface area contributed by atoms with Gasteiger partial charge >= 0.3 is 6.09 Å². The molecule has 1 N–H and O–H groups in total. The summed E-state index contributed by atoms with van der Waals surface area (Å²) in [6.45, 7) is 8.15. The molecule has 7 nitrogen and oxygen atoms in total. The van der Waals surface area contributed by atoms with Crippen molar-refractivity contribution >= 4 is 17.7 Å². The molecule has 2 aromatic rings. The van der Waals surface area contributed by atoms with Gasteiger partial charge < -0.3 is 19.7 Å². The molecule has 0 spiro atoms. The number of para-hydroxylation sites is 1. The number of likely N-dealkylation sites (tertiary alicyclic amines) is 1. The van der Waals surface area contributed by atoms with Crippen LogP contribution in [0.25, 0.3) is 0 Å². The molecule has 1 aliphatic rings. The van der Waals surface area contributed by atoms with E-state index in [9.17, 15) is 9.59 Å². The molecule has 0 atom stereocenters. The van der Waals surface area contributed by atoms with Gasteiger partial charge in [-0.3, -0.25) is 9.69 Å². The first-order valence-electron chi connectivity index (χ1n) is 11.5. The van der Waals surface area contributed by atoms with E-state index in [-0.39, 0.29) is 24.1 Å². The molecule has 0 radical (unpaired) electrons. The molecule has 2 aromatic carbocycles. The second kappa shape index (κ2) is 11.2. The number of amides is 2. The average molecular weight is 454 g/mol. The van der Waals surface area contributed by atoms with E-state index in [1.54, 1.807) is 4.90 Å². The number of benzene rings is 2. The standard InChI is InChI=1S/C26H35N3O4/c1-20(2)19-32-25(31)29-16-14-26(3,15-17-29)28(4)18-24(30)27-21-10-12-23(13-11-21)33-22-8-6-5-7-9-22/h5-13,20H,14-19H2,1-4H3,(H,27,30). The second-order valence-electron chi connectivity index (χ2n) is 9.30. The highest BCUT2D eigenvalue weighted by Gasteiger charge is 2.36. The smallest absolute Gasteiger partial charge is 0.409 e. The Balaban J connectivity index is 1.45. The topological polar surface area (TPSA) is 71.1 Å². The molecule has 1 saturated heterocycles. The Morgan fingerprint density at radius 3 is 2.24 bits per heavy atom. The molecule has 1 aliphatic heterocycles. The number of carbonyl (C=O) groups excluding carboxylic acids is 2. The van der Waals surface area contributed by atoms with Crippen molar-refractivity contribution in [3.63, 3.8) is 0 Å².